The number of ketones is 1. The molecule has 0 atom stereocenters. The molecule has 0 saturated heterocycles. The van der Waals surface area contributed by atoms with E-state index in [1.165, 1.54) is 0 Å². The second-order valence-electron chi connectivity index (χ2n) is 8.42. The zero-order valence-electron chi connectivity index (χ0n) is 19.8. The molecule has 35 heavy (non-hydrogen) atoms. The zero-order chi connectivity index (χ0) is 24.2. The third-order valence-corrected chi connectivity index (χ3v) is 6.18. The maximum Gasteiger partial charge on any atom is 0.231 e. The Hall–Kier alpha value is -4.03. The van der Waals surface area contributed by atoms with Gasteiger partial charge in [0.25, 0.3) is 0 Å². The van der Waals surface area contributed by atoms with Gasteiger partial charge in [0.1, 0.15) is 18.2 Å². The van der Waals surface area contributed by atoms with Crippen LogP contribution in [0.15, 0.2) is 78.6 Å². The molecule has 0 aromatic heterocycles. The molecule has 6 heteroatoms. The van der Waals surface area contributed by atoms with E-state index in [0.717, 1.165) is 41.2 Å². The van der Waals surface area contributed by atoms with Crippen molar-refractivity contribution in [1.82, 2.24) is 4.90 Å². The average Bonchev–Trinajstić information content (AvgIpc) is 3.23. The maximum atomic E-state index is 12.9. The summed E-state index contributed by atoms with van der Waals surface area (Å²) in [6.07, 6.45) is 6.33. The predicted molar refractivity (Wildman–Crippen MR) is 134 cm³/mol. The smallest absolute Gasteiger partial charge is 0.231 e. The molecule has 0 saturated carbocycles. The molecule has 2 heterocycles. The van der Waals surface area contributed by atoms with Crippen molar-refractivity contribution in [2.75, 3.05) is 27.5 Å². The normalized spacial score (nSPS) is 16.1. The SMILES string of the molecule is COc1ccc(CCN2COc3ccc4c(c3C2)O/C(=C\C=C\c2ccccc2)C4=O)cc1OC. The van der Waals surface area contributed by atoms with Crippen LogP contribution >= 0.6 is 0 Å². The average molecular weight is 470 g/mol. The highest BCUT2D eigenvalue weighted by atomic mass is 16.5. The number of fused-ring (bicyclic) bond motifs is 3. The van der Waals surface area contributed by atoms with Gasteiger partial charge in [0, 0.05) is 13.1 Å². The van der Waals surface area contributed by atoms with Gasteiger partial charge in [0.15, 0.2) is 17.3 Å². The van der Waals surface area contributed by atoms with Crippen LogP contribution in [0.1, 0.15) is 27.0 Å². The van der Waals surface area contributed by atoms with Crippen molar-refractivity contribution in [3.8, 4) is 23.0 Å². The molecular weight excluding hydrogens is 442 g/mol. The van der Waals surface area contributed by atoms with E-state index in [1.807, 2.05) is 66.7 Å². The molecule has 0 radical (unpaired) electrons. The van der Waals surface area contributed by atoms with Gasteiger partial charge < -0.3 is 18.9 Å². The molecule has 2 aliphatic heterocycles. The molecule has 0 spiro atoms. The van der Waals surface area contributed by atoms with Crippen molar-refractivity contribution in [2.24, 2.45) is 0 Å². The number of methoxy groups -OCH3 is 2. The summed E-state index contributed by atoms with van der Waals surface area (Å²) >= 11 is 0. The predicted octanol–water partition coefficient (Wildman–Crippen LogP) is 5.27. The van der Waals surface area contributed by atoms with Crippen LogP contribution in [0.25, 0.3) is 6.08 Å². The van der Waals surface area contributed by atoms with E-state index in [9.17, 15) is 4.79 Å². The lowest BCUT2D eigenvalue weighted by Crippen LogP contribution is -2.33. The van der Waals surface area contributed by atoms with Crippen LogP contribution in [0.5, 0.6) is 23.0 Å². The Labute approximate surface area is 205 Å². The molecule has 0 bridgehead atoms. The van der Waals surface area contributed by atoms with Crippen LogP contribution in [-0.4, -0.2) is 38.2 Å². The van der Waals surface area contributed by atoms with Gasteiger partial charge in [-0.05, 0) is 47.9 Å². The van der Waals surface area contributed by atoms with Crippen molar-refractivity contribution in [2.45, 2.75) is 13.0 Å². The first-order chi connectivity index (χ1) is 17.2. The molecule has 6 nitrogen and oxygen atoms in total. The van der Waals surface area contributed by atoms with E-state index in [2.05, 4.69) is 4.90 Å². The second-order valence-corrected chi connectivity index (χ2v) is 8.42. The molecule has 0 fully saturated rings. The fourth-order valence-corrected chi connectivity index (χ4v) is 4.30. The Balaban J connectivity index is 1.29. The molecule has 178 valence electrons. The van der Waals surface area contributed by atoms with E-state index in [-0.39, 0.29) is 5.78 Å². The molecule has 0 aliphatic carbocycles. The molecule has 5 rings (SSSR count). The van der Waals surface area contributed by atoms with Gasteiger partial charge in [0.05, 0.1) is 25.3 Å². The minimum absolute atomic E-state index is 0.108. The highest BCUT2D eigenvalue weighted by Gasteiger charge is 2.33. The fourth-order valence-electron chi connectivity index (χ4n) is 4.30. The maximum absolute atomic E-state index is 12.9. The summed E-state index contributed by atoms with van der Waals surface area (Å²) < 4.78 is 22.8. The number of hydrogen-bond acceptors (Lipinski definition) is 6. The minimum Gasteiger partial charge on any atom is -0.493 e. The lowest BCUT2D eigenvalue weighted by Gasteiger charge is -2.29. The van der Waals surface area contributed by atoms with Gasteiger partial charge in [0.2, 0.25) is 5.78 Å². The molecule has 3 aromatic carbocycles. The summed E-state index contributed by atoms with van der Waals surface area (Å²) in [5, 5.41) is 0. The monoisotopic (exact) mass is 469 g/mol. The van der Waals surface area contributed by atoms with Crippen LogP contribution in [0.2, 0.25) is 0 Å². The number of ether oxygens (including phenoxy) is 4. The van der Waals surface area contributed by atoms with Crippen molar-refractivity contribution in [3.63, 3.8) is 0 Å². The largest absolute Gasteiger partial charge is 0.493 e. The van der Waals surface area contributed by atoms with Gasteiger partial charge >= 0.3 is 0 Å². The Morgan fingerprint density at radius 1 is 1.00 bits per heavy atom. The number of rotatable bonds is 7. The minimum atomic E-state index is -0.108. The Kier molecular flexibility index (Phi) is 6.55. The van der Waals surface area contributed by atoms with Crippen molar-refractivity contribution in [3.05, 3.63) is 101 Å². The standard InChI is InChI=1S/C29H27NO5/c1-32-25-13-11-21(17-27(25)33-2)15-16-30-18-23-24(34-19-30)14-12-22-28(31)26(35-29(22)23)10-6-9-20-7-4-3-5-8-20/h3-14,17H,15-16,18-19H2,1-2H3/b9-6+,26-10-. The number of carbonyl (C=O) groups excluding carboxylic acids is 1. The van der Waals surface area contributed by atoms with Crippen molar-refractivity contribution in [1.29, 1.82) is 0 Å². The third kappa shape index (κ3) is 4.79. The summed E-state index contributed by atoms with van der Waals surface area (Å²) in [4.78, 5) is 15.1. The molecule has 2 aliphatic rings. The fraction of sp³-hybridized carbons (Fsp3) is 0.207. The second kappa shape index (κ2) is 10.1. The summed E-state index contributed by atoms with van der Waals surface area (Å²) in [5.41, 5.74) is 3.69. The van der Waals surface area contributed by atoms with Gasteiger partial charge in [-0.1, -0.05) is 48.6 Å². The number of nitrogens with zero attached hydrogens (tertiary/aromatic N) is 1. The highest BCUT2D eigenvalue weighted by Crippen LogP contribution is 2.41. The summed E-state index contributed by atoms with van der Waals surface area (Å²) in [5.74, 6) is 3.01. The quantitative estimate of drug-likeness (QED) is 0.440. The number of allylic oxidation sites excluding steroid dienone is 3. The van der Waals surface area contributed by atoms with Gasteiger partial charge in [-0.25, -0.2) is 0 Å². The van der Waals surface area contributed by atoms with Gasteiger partial charge in [-0.15, -0.1) is 0 Å². The van der Waals surface area contributed by atoms with E-state index in [1.54, 1.807) is 26.4 Å². The molecular formula is C29H27NO5. The first-order valence-corrected chi connectivity index (χ1v) is 11.5. The van der Waals surface area contributed by atoms with Gasteiger partial charge in [-0.2, -0.15) is 0 Å². The Morgan fingerprint density at radius 2 is 1.83 bits per heavy atom. The van der Waals surface area contributed by atoms with Crippen LogP contribution < -0.4 is 18.9 Å². The first-order valence-electron chi connectivity index (χ1n) is 11.5. The first kappa shape index (κ1) is 22.7. The molecule has 3 aromatic rings. The van der Waals surface area contributed by atoms with Crippen LogP contribution in [0, 0.1) is 0 Å². The Morgan fingerprint density at radius 3 is 2.63 bits per heavy atom. The van der Waals surface area contributed by atoms with E-state index in [0.29, 0.717) is 36.1 Å². The van der Waals surface area contributed by atoms with E-state index >= 15 is 0 Å². The number of Topliss-reactive ketones (excluding diaryl/α,β-unsaturated/α-hetero) is 1. The summed E-state index contributed by atoms with van der Waals surface area (Å²) in [6, 6.07) is 19.5. The van der Waals surface area contributed by atoms with Crippen LogP contribution in [0.4, 0.5) is 0 Å². The van der Waals surface area contributed by atoms with Crippen molar-refractivity contribution >= 4 is 11.9 Å². The van der Waals surface area contributed by atoms with E-state index in [4.69, 9.17) is 18.9 Å². The van der Waals surface area contributed by atoms with Crippen LogP contribution in [-0.2, 0) is 13.0 Å². The topological polar surface area (TPSA) is 57.2 Å². The molecule has 0 unspecified atom stereocenters. The summed E-state index contributed by atoms with van der Waals surface area (Å²) in [7, 11) is 3.27. The number of benzene rings is 3. The number of carbonyl (C=O) groups is 1. The van der Waals surface area contributed by atoms with Crippen LogP contribution in [0.3, 0.4) is 0 Å². The molecule has 0 N–H and O–H groups in total. The Bertz CT molecular complexity index is 1300. The summed E-state index contributed by atoms with van der Waals surface area (Å²) in [6.45, 7) is 1.91. The van der Waals surface area contributed by atoms with E-state index < -0.39 is 0 Å². The lowest BCUT2D eigenvalue weighted by atomic mass is 10.0. The highest BCUT2D eigenvalue weighted by molar-refractivity contribution is 6.13. The third-order valence-electron chi connectivity index (χ3n) is 6.18. The lowest BCUT2D eigenvalue weighted by molar-refractivity contribution is 0.0949. The number of hydrogen-bond donors (Lipinski definition) is 0. The zero-order valence-corrected chi connectivity index (χ0v) is 19.8. The molecule has 0 amide bonds. The van der Waals surface area contributed by atoms with Crippen molar-refractivity contribution < 1.29 is 23.7 Å². The van der Waals surface area contributed by atoms with Gasteiger partial charge in [-0.3, -0.25) is 9.69 Å².